The Morgan fingerprint density at radius 1 is 0.920 bits per heavy atom. The van der Waals surface area contributed by atoms with Crippen molar-refractivity contribution in [1.82, 2.24) is 4.98 Å². The highest BCUT2D eigenvalue weighted by Crippen LogP contribution is 2.44. The fourth-order valence-electron chi connectivity index (χ4n) is 3.02. The van der Waals surface area contributed by atoms with Gasteiger partial charge in [-0.25, -0.2) is 4.98 Å². The number of fused-ring (bicyclic) bond motifs is 3. The largest absolute Gasteiger partial charge is 0.354 e. The van der Waals surface area contributed by atoms with Crippen LogP contribution in [0.2, 0.25) is 0 Å². The number of hydrogen-bond acceptors (Lipinski definition) is 4. The third kappa shape index (κ3) is 2.54. The number of thiophene rings is 1. The Morgan fingerprint density at radius 3 is 2.76 bits per heavy atom. The number of pyridine rings is 1. The van der Waals surface area contributed by atoms with Crippen molar-refractivity contribution in [3.05, 3.63) is 83.9 Å². The van der Waals surface area contributed by atoms with E-state index in [1.807, 2.05) is 6.20 Å². The number of para-hydroxylation sites is 1. The van der Waals surface area contributed by atoms with Gasteiger partial charge in [-0.2, -0.15) is 0 Å². The third-order valence-corrected chi connectivity index (χ3v) is 6.35. The van der Waals surface area contributed by atoms with Crippen molar-refractivity contribution in [3.8, 4) is 0 Å². The van der Waals surface area contributed by atoms with Gasteiger partial charge in [0.05, 0.1) is 11.4 Å². The average molecular weight is 358 g/mol. The number of nitrogens with one attached hydrogen (secondary N) is 1. The number of rotatable bonds is 2. The van der Waals surface area contributed by atoms with Crippen molar-refractivity contribution in [1.29, 1.82) is 0 Å². The van der Waals surface area contributed by atoms with Crippen molar-refractivity contribution in [2.24, 2.45) is 0 Å². The van der Waals surface area contributed by atoms with E-state index >= 15 is 0 Å². The molecule has 0 fully saturated rings. The molecule has 4 aromatic rings. The van der Waals surface area contributed by atoms with E-state index < -0.39 is 0 Å². The lowest BCUT2D eigenvalue weighted by molar-refractivity contribution is 1.31. The van der Waals surface area contributed by atoms with Gasteiger partial charge in [-0.1, -0.05) is 36.5 Å². The van der Waals surface area contributed by atoms with E-state index in [2.05, 4.69) is 76.9 Å². The van der Waals surface area contributed by atoms with Crippen LogP contribution in [0.5, 0.6) is 0 Å². The minimum atomic E-state index is 0.994. The van der Waals surface area contributed by atoms with E-state index in [-0.39, 0.29) is 0 Å². The third-order valence-electron chi connectivity index (χ3n) is 4.36. The summed E-state index contributed by atoms with van der Waals surface area (Å²) >= 11 is 3.46. The van der Waals surface area contributed by atoms with Crippen LogP contribution in [0.4, 0.5) is 11.4 Å². The molecule has 2 aromatic heterocycles. The summed E-state index contributed by atoms with van der Waals surface area (Å²) in [6.07, 6.45) is 1.91. The molecule has 0 saturated heterocycles. The fourth-order valence-corrected chi connectivity index (χ4v) is 4.71. The van der Waals surface area contributed by atoms with Crippen LogP contribution in [0.1, 0.15) is 11.1 Å². The van der Waals surface area contributed by atoms with E-state index in [9.17, 15) is 0 Å². The molecule has 0 unspecified atom stereocenters. The number of aromatic nitrogens is 1. The maximum absolute atomic E-state index is 4.54. The molecule has 1 aliphatic heterocycles. The van der Waals surface area contributed by atoms with Gasteiger partial charge < -0.3 is 5.32 Å². The van der Waals surface area contributed by atoms with Crippen LogP contribution in [0.15, 0.2) is 82.5 Å². The lowest BCUT2D eigenvalue weighted by Crippen LogP contribution is -2.00. The van der Waals surface area contributed by atoms with Crippen molar-refractivity contribution in [2.45, 2.75) is 9.79 Å². The Labute approximate surface area is 154 Å². The number of nitrogens with zero attached hydrogens (tertiary/aromatic N) is 1. The normalized spacial score (nSPS) is 12.3. The molecule has 2 nitrogen and oxygen atoms in total. The molecule has 3 heterocycles. The summed E-state index contributed by atoms with van der Waals surface area (Å²) in [6.45, 7) is 4.31. The van der Waals surface area contributed by atoms with Gasteiger partial charge in [0, 0.05) is 26.9 Å². The standard InChI is InChI=1S/C21H14N2S2/c1-13(16-10-15-8-9-24-21(15)22-12-16)14-6-7-20-18(11-14)23-17-4-2-3-5-19(17)25-20/h2-12,23H,1H2. The SMILES string of the molecule is C=C(c1ccc2c(c1)Nc1ccccc1S2)c1cnc2sccc2c1. The second kappa shape index (κ2) is 5.76. The summed E-state index contributed by atoms with van der Waals surface area (Å²) in [4.78, 5) is 8.10. The fraction of sp³-hybridized carbons (Fsp3) is 0. The average Bonchev–Trinajstić information content (AvgIpc) is 3.13. The molecule has 0 radical (unpaired) electrons. The van der Waals surface area contributed by atoms with Gasteiger partial charge in [-0.15, -0.1) is 11.3 Å². The van der Waals surface area contributed by atoms with Crippen LogP contribution in [0.25, 0.3) is 15.8 Å². The molecule has 0 aliphatic carbocycles. The summed E-state index contributed by atoms with van der Waals surface area (Å²) in [5.41, 5.74) is 5.46. The minimum absolute atomic E-state index is 0.994. The van der Waals surface area contributed by atoms with Crippen LogP contribution in [0.3, 0.4) is 0 Å². The second-order valence-electron chi connectivity index (χ2n) is 5.95. The molecule has 0 saturated carbocycles. The van der Waals surface area contributed by atoms with Gasteiger partial charge in [-0.3, -0.25) is 0 Å². The van der Waals surface area contributed by atoms with Gasteiger partial charge >= 0.3 is 0 Å². The summed E-state index contributed by atoms with van der Waals surface area (Å²) in [5.74, 6) is 0. The van der Waals surface area contributed by atoms with E-state index in [1.54, 1.807) is 23.1 Å². The van der Waals surface area contributed by atoms with Gasteiger partial charge in [0.2, 0.25) is 0 Å². The lowest BCUT2D eigenvalue weighted by Gasteiger charge is -2.21. The van der Waals surface area contributed by atoms with Crippen molar-refractivity contribution in [2.75, 3.05) is 5.32 Å². The zero-order valence-electron chi connectivity index (χ0n) is 13.3. The summed E-state index contributed by atoms with van der Waals surface area (Å²) in [7, 11) is 0. The van der Waals surface area contributed by atoms with Gasteiger partial charge in [0.1, 0.15) is 4.83 Å². The van der Waals surface area contributed by atoms with Crippen molar-refractivity contribution >= 4 is 50.3 Å². The van der Waals surface area contributed by atoms with E-state index in [0.717, 1.165) is 32.9 Å². The topological polar surface area (TPSA) is 24.9 Å². The maximum Gasteiger partial charge on any atom is 0.123 e. The molecule has 5 rings (SSSR count). The van der Waals surface area contributed by atoms with Crippen LogP contribution in [-0.2, 0) is 0 Å². The molecular formula is C21H14N2S2. The van der Waals surface area contributed by atoms with Crippen molar-refractivity contribution < 1.29 is 0 Å². The predicted octanol–water partition coefficient (Wildman–Crippen LogP) is 6.57. The first-order valence-electron chi connectivity index (χ1n) is 7.99. The molecule has 4 heteroatoms. The summed E-state index contributed by atoms with van der Waals surface area (Å²) < 4.78 is 0. The molecule has 0 spiro atoms. The first kappa shape index (κ1) is 14.8. The quantitative estimate of drug-likeness (QED) is 0.386. The van der Waals surface area contributed by atoms with Gasteiger partial charge in [0.25, 0.3) is 0 Å². The number of hydrogen-bond donors (Lipinski definition) is 1. The zero-order valence-corrected chi connectivity index (χ0v) is 15.0. The Hall–Kier alpha value is -2.56. The molecule has 1 aliphatic rings. The smallest absolute Gasteiger partial charge is 0.123 e. The monoisotopic (exact) mass is 358 g/mol. The van der Waals surface area contributed by atoms with Crippen LogP contribution in [-0.4, -0.2) is 4.98 Å². The van der Waals surface area contributed by atoms with E-state index in [0.29, 0.717) is 0 Å². The molecule has 25 heavy (non-hydrogen) atoms. The highest BCUT2D eigenvalue weighted by molar-refractivity contribution is 7.99. The highest BCUT2D eigenvalue weighted by Gasteiger charge is 2.16. The Kier molecular flexibility index (Phi) is 3.40. The predicted molar refractivity (Wildman–Crippen MR) is 108 cm³/mol. The molecule has 0 atom stereocenters. The summed E-state index contributed by atoms with van der Waals surface area (Å²) in [6, 6.07) is 19.1. The Bertz CT molecular complexity index is 1130. The minimum Gasteiger partial charge on any atom is -0.354 e. The maximum atomic E-state index is 4.54. The number of benzene rings is 2. The first-order chi connectivity index (χ1) is 12.3. The van der Waals surface area contributed by atoms with Crippen LogP contribution < -0.4 is 5.32 Å². The van der Waals surface area contributed by atoms with E-state index in [4.69, 9.17) is 0 Å². The molecular weight excluding hydrogens is 344 g/mol. The lowest BCUT2D eigenvalue weighted by atomic mass is 10.00. The highest BCUT2D eigenvalue weighted by atomic mass is 32.2. The molecule has 120 valence electrons. The van der Waals surface area contributed by atoms with E-state index in [1.165, 1.54) is 15.2 Å². The van der Waals surface area contributed by atoms with Crippen LogP contribution in [0, 0.1) is 0 Å². The second-order valence-corrected chi connectivity index (χ2v) is 7.93. The van der Waals surface area contributed by atoms with Gasteiger partial charge in [0.15, 0.2) is 0 Å². The molecule has 2 aromatic carbocycles. The first-order valence-corrected chi connectivity index (χ1v) is 9.68. The summed E-state index contributed by atoms with van der Waals surface area (Å²) in [5, 5.41) is 6.78. The Morgan fingerprint density at radius 2 is 1.80 bits per heavy atom. The molecule has 1 N–H and O–H groups in total. The zero-order chi connectivity index (χ0) is 16.8. The number of anilines is 2. The Balaban J connectivity index is 1.52. The van der Waals surface area contributed by atoms with Gasteiger partial charge in [-0.05, 0) is 52.9 Å². The van der Waals surface area contributed by atoms with Crippen molar-refractivity contribution in [3.63, 3.8) is 0 Å². The molecule has 0 amide bonds. The van der Waals surface area contributed by atoms with Crippen LogP contribution >= 0.6 is 23.1 Å². The molecule has 0 bridgehead atoms.